The van der Waals surface area contributed by atoms with Gasteiger partial charge in [-0.2, -0.15) is 0 Å². The fourth-order valence-electron chi connectivity index (χ4n) is 1.50. The van der Waals surface area contributed by atoms with E-state index < -0.39 is 0 Å². The van der Waals surface area contributed by atoms with Crippen molar-refractivity contribution in [2.24, 2.45) is 5.92 Å². The maximum atomic E-state index is 3.45. The number of hydrogen-bond donors (Lipinski definition) is 1. The van der Waals surface area contributed by atoms with Crippen LogP contribution in [0.15, 0.2) is 30.3 Å². The minimum Gasteiger partial charge on any atom is -0.385 e. The molecule has 0 aliphatic rings. The van der Waals surface area contributed by atoms with Crippen LogP contribution in [-0.4, -0.2) is 6.54 Å². The number of anilines is 1. The Morgan fingerprint density at radius 2 is 1.93 bits per heavy atom. The highest BCUT2D eigenvalue weighted by Crippen LogP contribution is 2.10. The monoisotopic (exact) mass is 191 g/mol. The predicted octanol–water partition coefficient (Wildman–Crippen LogP) is 3.92. The van der Waals surface area contributed by atoms with Crippen LogP contribution in [-0.2, 0) is 0 Å². The molecule has 1 aromatic carbocycles. The third-order valence-corrected chi connectivity index (χ3v) is 2.48. The van der Waals surface area contributed by atoms with E-state index in [-0.39, 0.29) is 0 Å². The van der Waals surface area contributed by atoms with Crippen molar-refractivity contribution in [3.05, 3.63) is 30.3 Å². The van der Waals surface area contributed by atoms with Gasteiger partial charge in [0.1, 0.15) is 0 Å². The van der Waals surface area contributed by atoms with Crippen molar-refractivity contribution >= 4 is 5.69 Å². The zero-order valence-corrected chi connectivity index (χ0v) is 9.29. The first kappa shape index (κ1) is 11.1. The lowest BCUT2D eigenvalue weighted by Crippen LogP contribution is -2.10. The van der Waals surface area contributed by atoms with Crippen LogP contribution < -0.4 is 5.32 Å². The van der Waals surface area contributed by atoms with Gasteiger partial charge in [0, 0.05) is 12.2 Å². The highest BCUT2D eigenvalue weighted by atomic mass is 14.9. The van der Waals surface area contributed by atoms with Crippen molar-refractivity contribution in [1.29, 1.82) is 0 Å². The number of nitrogens with one attached hydrogen (secondary N) is 1. The second-order valence-electron chi connectivity index (χ2n) is 3.99. The minimum atomic E-state index is 0.773. The molecule has 1 nitrogen and oxygen atoms in total. The number of unbranched alkanes of at least 4 members (excludes halogenated alkanes) is 1. The Labute approximate surface area is 87.5 Å². The second-order valence-corrected chi connectivity index (χ2v) is 3.99. The van der Waals surface area contributed by atoms with E-state index in [1.807, 2.05) is 6.07 Å². The predicted molar refractivity (Wildman–Crippen MR) is 63.6 cm³/mol. The highest BCUT2D eigenvalue weighted by Gasteiger charge is 2.00. The quantitative estimate of drug-likeness (QED) is 0.718. The van der Waals surface area contributed by atoms with Crippen molar-refractivity contribution in [3.8, 4) is 0 Å². The summed E-state index contributed by atoms with van der Waals surface area (Å²) in [6.45, 7) is 5.65. The fourth-order valence-corrected chi connectivity index (χ4v) is 1.50. The van der Waals surface area contributed by atoms with Crippen LogP contribution in [0, 0.1) is 5.92 Å². The minimum absolute atomic E-state index is 0.773. The summed E-state index contributed by atoms with van der Waals surface area (Å²) in [7, 11) is 0. The standard InChI is InChI=1S/C13H21N/c1-3-4-8-12(2)11-14-13-9-6-5-7-10-13/h5-7,9-10,12,14H,3-4,8,11H2,1-2H3/t12-/m0/s1. The Morgan fingerprint density at radius 3 is 2.57 bits per heavy atom. The topological polar surface area (TPSA) is 12.0 Å². The van der Waals surface area contributed by atoms with Gasteiger partial charge in [0.05, 0.1) is 0 Å². The molecule has 0 radical (unpaired) electrons. The number of hydrogen-bond acceptors (Lipinski definition) is 1. The molecule has 0 fully saturated rings. The lowest BCUT2D eigenvalue weighted by molar-refractivity contribution is 0.528. The molecule has 14 heavy (non-hydrogen) atoms. The van der Waals surface area contributed by atoms with E-state index in [4.69, 9.17) is 0 Å². The number of rotatable bonds is 6. The zero-order valence-electron chi connectivity index (χ0n) is 9.29. The SMILES string of the molecule is CCCC[C@H](C)CNc1ccccc1. The molecule has 1 rings (SSSR count). The molecule has 0 amide bonds. The Balaban J connectivity index is 2.20. The smallest absolute Gasteiger partial charge is 0.0340 e. The maximum Gasteiger partial charge on any atom is 0.0340 e. The van der Waals surface area contributed by atoms with Crippen molar-refractivity contribution in [1.82, 2.24) is 0 Å². The summed E-state index contributed by atoms with van der Waals surface area (Å²) in [5, 5.41) is 3.45. The first-order chi connectivity index (χ1) is 6.83. The van der Waals surface area contributed by atoms with Gasteiger partial charge in [0.15, 0.2) is 0 Å². The maximum absolute atomic E-state index is 3.45. The van der Waals surface area contributed by atoms with Crippen molar-refractivity contribution in [2.75, 3.05) is 11.9 Å². The molecule has 0 heterocycles. The molecular weight excluding hydrogens is 170 g/mol. The van der Waals surface area contributed by atoms with Gasteiger partial charge < -0.3 is 5.32 Å². The summed E-state index contributed by atoms with van der Waals surface area (Å²) in [5.41, 5.74) is 1.23. The van der Waals surface area contributed by atoms with Gasteiger partial charge in [-0.1, -0.05) is 44.9 Å². The van der Waals surface area contributed by atoms with Crippen LogP contribution in [0.1, 0.15) is 33.1 Å². The molecule has 0 spiro atoms. The molecule has 0 saturated heterocycles. The Hall–Kier alpha value is -0.980. The molecule has 1 aromatic rings. The zero-order chi connectivity index (χ0) is 10.2. The van der Waals surface area contributed by atoms with Gasteiger partial charge in [-0.3, -0.25) is 0 Å². The van der Waals surface area contributed by atoms with Crippen molar-refractivity contribution in [2.45, 2.75) is 33.1 Å². The van der Waals surface area contributed by atoms with Crippen LogP contribution >= 0.6 is 0 Å². The molecular formula is C13H21N. The van der Waals surface area contributed by atoms with Crippen LogP contribution in [0.3, 0.4) is 0 Å². The third kappa shape index (κ3) is 4.31. The van der Waals surface area contributed by atoms with Crippen LogP contribution in [0.25, 0.3) is 0 Å². The van der Waals surface area contributed by atoms with Gasteiger partial charge >= 0.3 is 0 Å². The average molecular weight is 191 g/mol. The molecule has 0 unspecified atom stereocenters. The molecule has 0 aliphatic heterocycles. The van der Waals surface area contributed by atoms with Gasteiger partial charge in [-0.15, -0.1) is 0 Å². The van der Waals surface area contributed by atoms with E-state index in [1.165, 1.54) is 24.9 Å². The molecule has 1 N–H and O–H groups in total. The van der Waals surface area contributed by atoms with Crippen LogP contribution in [0.4, 0.5) is 5.69 Å². The number of para-hydroxylation sites is 1. The summed E-state index contributed by atoms with van der Waals surface area (Å²) in [5.74, 6) is 0.773. The van der Waals surface area contributed by atoms with Crippen molar-refractivity contribution < 1.29 is 0 Å². The van der Waals surface area contributed by atoms with E-state index in [9.17, 15) is 0 Å². The van der Waals surface area contributed by atoms with E-state index >= 15 is 0 Å². The average Bonchev–Trinajstić information content (AvgIpc) is 2.25. The Morgan fingerprint density at radius 1 is 1.21 bits per heavy atom. The Kier molecular flexibility index (Phi) is 5.13. The molecule has 1 atom stereocenters. The lowest BCUT2D eigenvalue weighted by atomic mass is 10.0. The fraction of sp³-hybridized carbons (Fsp3) is 0.538. The van der Waals surface area contributed by atoms with Crippen LogP contribution in [0.5, 0.6) is 0 Å². The van der Waals surface area contributed by atoms with Crippen LogP contribution in [0.2, 0.25) is 0 Å². The first-order valence-electron chi connectivity index (χ1n) is 5.62. The molecule has 0 aliphatic carbocycles. The summed E-state index contributed by atoms with van der Waals surface area (Å²) in [4.78, 5) is 0. The Bertz CT molecular complexity index is 230. The van der Waals surface area contributed by atoms with Gasteiger partial charge in [0.2, 0.25) is 0 Å². The van der Waals surface area contributed by atoms with Crippen molar-refractivity contribution in [3.63, 3.8) is 0 Å². The number of benzene rings is 1. The third-order valence-electron chi connectivity index (χ3n) is 2.48. The van der Waals surface area contributed by atoms with E-state index in [0.29, 0.717) is 0 Å². The largest absolute Gasteiger partial charge is 0.385 e. The molecule has 0 aromatic heterocycles. The lowest BCUT2D eigenvalue weighted by Gasteiger charge is -2.12. The molecule has 1 heteroatoms. The second kappa shape index (κ2) is 6.47. The summed E-state index contributed by atoms with van der Waals surface area (Å²) >= 11 is 0. The molecule has 0 saturated carbocycles. The first-order valence-corrected chi connectivity index (χ1v) is 5.62. The molecule has 0 bridgehead atoms. The molecule has 78 valence electrons. The van der Waals surface area contributed by atoms with Gasteiger partial charge in [0.25, 0.3) is 0 Å². The highest BCUT2D eigenvalue weighted by molar-refractivity contribution is 5.42. The summed E-state index contributed by atoms with van der Waals surface area (Å²) in [6, 6.07) is 10.4. The van der Waals surface area contributed by atoms with E-state index in [2.05, 4.69) is 43.4 Å². The van der Waals surface area contributed by atoms with Gasteiger partial charge in [-0.05, 0) is 24.5 Å². The van der Waals surface area contributed by atoms with E-state index in [1.54, 1.807) is 0 Å². The summed E-state index contributed by atoms with van der Waals surface area (Å²) < 4.78 is 0. The van der Waals surface area contributed by atoms with E-state index in [0.717, 1.165) is 12.5 Å². The normalized spacial score (nSPS) is 12.4. The van der Waals surface area contributed by atoms with Gasteiger partial charge in [-0.25, -0.2) is 0 Å². The summed E-state index contributed by atoms with van der Waals surface area (Å²) in [6.07, 6.45) is 3.98.